The van der Waals surface area contributed by atoms with Crippen LogP contribution >= 0.6 is 11.8 Å². The van der Waals surface area contributed by atoms with Crippen LogP contribution in [0.3, 0.4) is 0 Å². The molecule has 1 amide bonds. The molecule has 0 atom stereocenters. The van der Waals surface area contributed by atoms with Crippen LogP contribution in [0.4, 0.5) is 5.69 Å². The normalized spacial score (nSPS) is 11.1. The molecule has 0 aliphatic carbocycles. The van der Waals surface area contributed by atoms with Crippen molar-refractivity contribution in [2.45, 2.75) is 43.8 Å². The average Bonchev–Trinajstić information content (AvgIpc) is 2.87. The highest BCUT2D eigenvalue weighted by Gasteiger charge is 2.15. The van der Waals surface area contributed by atoms with Crippen LogP contribution in [0.5, 0.6) is 0 Å². The Hall–Kier alpha value is -3.98. The number of fused-ring (bicyclic) bond motifs is 1. The number of nitrogens with one attached hydrogen (secondary N) is 1. The third-order valence-corrected chi connectivity index (χ3v) is 6.61. The number of hydrogen-bond donors (Lipinski definition) is 1. The van der Waals surface area contributed by atoms with Crippen LogP contribution in [0.25, 0.3) is 10.9 Å². The second kappa shape index (κ2) is 11.2. The molecule has 0 saturated heterocycles. The van der Waals surface area contributed by atoms with Crippen LogP contribution < -0.4 is 10.9 Å². The summed E-state index contributed by atoms with van der Waals surface area (Å²) in [5.74, 6) is 0.172. The molecule has 8 nitrogen and oxygen atoms in total. The van der Waals surface area contributed by atoms with E-state index in [1.807, 2.05) is 50.2 Å². The van der Waals surface area contributed by atoms with Crippen LogP contribution in [0.2, 0.25) is 0 Å². The maximum atomic E-state index is 13.5. The standard InChI is InChI=1S/C27H26N4O4S/c1-18(2)28-25(32)21-11-12-23-24(16-21)29-27(36-17-20-9-6-10-22(15-20)31(34)35)30(26(23)33)14-13-19-7-4-3-5-8-19/h3-12,15-16,18H,13-14,17H2,1-2H3,(H,28,32). The van der Waals surface area contributed by atoms with E-state index in [9.17, 15) is 19.7 Å². The molecule has 3 aromatic carbocycles. The van der Waals surface area contributed by atoms with Gasteiger partial charge in [0.25, 0.3) is 17.2 Å². The number of non-ortho nitro benzene ring substituents is 1. The van der Waals surface area contributed by atoms with Crippen LogP contribution in [-0.4, -0.2) is 26.4 Å². The van der Waals surface area contributed by atoms with Gasteiger partial charge < -0.3 is 5.32 Å². The zero-order valence-corrected chi connectivity index (χ0v) is 20.8. The number of carbonyl (C=O) groups is 1. The van der Waals surface area contributed by atoms with E-state index in [1.54, 1.807) is 28.8 Å². The quantitative estimate of drug-likeness (QED) is 0.150. The highest BCUT2D eigenvalue weighted by atomic mass is 32.2. The Kier molecular flexibility index (Phi) is 7.80. The van der Waals surface area contributed by atoms with Gasteiger partial charge in [-0.15, -0.1) is 0 Å². The molecule has 36 heavy (non-hydrogen) atoms. The average molecular weight is 503 g/mol. The largest absolute Gasteiger partial charge is 0.350 e. The molecular formula is C27H26N4O4S. The van der Waals surface area contributed by atoms with Gasteiger partial charge >= 0.3 is 0 Å². The Morgan fingerprint density at radius 3 is 2.53 bits per heavy atom. The lowest BCUT2D eigenvalue weighted by Gasteiger charge is -2.14. The van der Waals surface area contributed by atoms with Gasteiger partial charge in [0.1, 0.15) is 0 Å². The number of rotatable bonds is 9. The lowest BCUT2D eigenvalue weighted by Crippen LogP contribution is -2.30. The maximum Gasteiger partial charge on any atom is 0.269 e. The smallest absolute Gasteiger partial charge is 0.269 e. The maximum absolute atomic E-state index is 13.5. The van der Waals surface area contributed by atoms with E-state index in [0.29, 0.717) is 40.3 Å². The fourth-order valence-electron chi connectivity index (χ4n) is 3.79. The molecule has 0 aliphatic heterocycles. The summed E-state index contributed by atoms with van der Waals surface area (Å²) in [6.45, 7) is 4.19. The summed E-state index contributed by atoms with van der Waals surface area (Å²) < 4.78 is 1.64. The molecule has 0 unspecified atom stereocenters. The zero-order valence-electron chi connectivity index (χ0n) is 20.0. The molecule has 1 N–H and O–H groups in total. The van der Waals surface area contributed by atoms with Crippen molar-refractivity contribution in [2.75, 3.05) is 0 Å². The molecule has 0 saturated carbocycles. The van der Waals surface area contributed by atoms with Gasteiger partial charge in [-0.25, -0.2) is 4.98 Å². The first-order valence-corrected chi connectivity index (χ1v) is 12.6. The Bertz CT molecular complexity index is 1470. The van der Waals surface area contributed by atoms with Gasteiger partial charge in [0.15, 0.2) is 5.16 Å². The van der Waals surface area contributed by atoms with E-state index < -0.39 is 4.92 Å². The van der Waals surface area contributed by atoms with E-state index in [1.165, 1.54) is 23.9 Å². The van der Waals surface area contributed by atoms with E-state index in [2.05, 4.69) is 5.32 Å². The SMILES string of the molecule is CC(C)NC(=O)c1ccc2c(=O)n(CCc3ccccc3)c(SCc3cccc([N+](=O)[O-])c3)nc2c1. The lowest BCUT2D eigenvalue weighted by atomic mass is 10.1. The lowest BCUT2D eigenvalue weighted by molar-refractivity contribution is -0.384. The molecule has 0 bridgehead atoms. The summed E-state index contributed by atoms with van der Waals surface area (Å²) in [5.41, 5.74) is 2.55. The summed E-state index contributed by atoms with van der Waals surface area (Å²) in [6.07, 6.45) is 0.646. The second-order valence-corrected chi connectivity index (χ2v) is 9.61. The minimum Gasteiger partial charge on any atom is -0.350 e. The van der Waals surface area contributed by atoms with Crippen molar-refractivity contribution in [1.29, 1.82) is 0 Å². The third kappa shape index (κ3) is 5.98. The van der Waals surface area contributed by atoms with Gasteiger partial charge in [0, 0.05) is 36.0 Å². The molecule has 4 aromatic rings. The minimum absolute atomic E-state index is 0.0156. The monoisotopic (exact) mass is 502 g/mol. The highest BCUT2D eigenvalue weighted by Crippen LogP contribution is 2.25. The summed E-state index contributed by atoms with van der Waals surface area (Å²) in [4.78, 5) is 41.5. The Morgan fingerprint density at radius 2 is 1.81 bits per heavy atom. The fourth-order valence-corrected chi connectivity index (χ4v) is 4.76. The van der Waals surface area contributed by atoms with Gasteiger partial charge in [-0.3, -0.25) is 24.3 Å². The van der Waals surface area contributed by atoms with E-state index in [-0.39, 0.29) is 23.2 Å². The van der Waals surface area contributed by atoms with Crippen molar-refractivity contribution < 1.29 is 9.72 Å². The first-order valence-electron chi connectivity index (χ1n) is 11.6. The van der Waals surface area contributed by atoms with Crippen molar-refractivity contribution in [3.05, 3.63) is 110 Å². The van der Waals surface area contributed by atoms with Gasteiger partial charge in [0.05, 0.1) is 15.8 Å². The summed E-state index contributed by atoms with van der Waals surface area (Å²) in [7, 11) is 0. The number of hydrogen-bond acceptors (Lipinski definition) is 6. The van der Waals surface area contributed by atoms with E-state index >= 15 is 0 Å². The second-order valence-electron chi connectivity index (χ2n) is 8.66. The minimum atomic E-state index is -0.429. The number of thioether (sulfide) groups is 1. The van der Waals surface area contributed by atoms with Crippen LogP contribution in [0, 0.1) is 10.1 Å². The van der Waals surface area contributed by atoms with Crippen molar-refractivity contribution in [3.63, 3.8) is 0 Å². The summed E-state index contributed by atoms with van der Waals surface area (Å²) in [5, 5.41) is 14.9. The number of benzene rings is 3. The van der Waals surface area contributed by atoms with Gasteiger partial charge in [-0.05, 0) is 49.6 Å². The van der Waals surface area contributed by atoms with Crippen LogP contribution in [-0.2, 0) is 18.7 Å². The van der Waals surface area contributed by atoms with Crippen molar-refractivity contribution in [3.8, 4) is 0 Å². The zero-order chi connectivity index (χ0) is 25.7. The molecular weight excluding hydrogens is 476 g/mol. The highest BCUT2D eigenvalue weighted by molar-refractivity contribution is 7.98. The molecule has 1 aromatic heterocycles. The third-order valence-electron chi connectivity index (χ3n) is 5.56. The van der Waals surface area contributed by atoms with Gasteiger partial charge in [0.2, 0.25) is 0 Å². The number of amides is 1. The van der Waals surface area contributed by atoms with Crippen molar-refractivity contribution >= 4 is 34.3 Å². The van der Waals surface area contributed by atoms with Crippen molar-refractivity contribution in [1.82, 2.24) is 14.9 Å². The topological polar surface area (TPSA) is 107 Å². The molecule has 0 aliphatic rings. The van der Waals surface area contributed by atoms with Crippen LogP contribution in [0.15, 0.2) is 82.7 Å². The summed E-state index contributed by atoms with van der Waals surface area (Å²) >= 11 is 1.34. The first kappa shape index (κ1) is 25.1. The van der Waals surface area contributed by atoms with E-state index in [4.69, 9.17) is 4.98 Å². The molecule has 4 rings (SSSR count). The predicted octanol–water partition coefficient (Wildman–Crippen LogP) is 4.98. The number of nitrogens with zero attached hydrogens (tertiary/aromatic N) is 3. The van der Waals surface area contributed by atoms with Crippen molar-refractivity contribution in [2.24, 2.45) is 0 Å². The number of nitro benzene ring substituents is 1. The molecule has 184 valence electrons. The number of carbonyl (C=O) groups excluding carboxylic acids is 1. The van der Waals surface area contributed by atoms with Crippen LogP contribution in [0.1, 0.15) is 35.3 Å². The molecule has 0 fully saturated rings. The van der Waals surface area contributed by atoms with E-state index in [0.717, 1.165) is 11.1 Å². The Balaban J connectivity index is 1.71. The fraction of sp³-hybridized carbons (Fsp3) is 0.222. The Morgan fingerprint density at radius 1 is 1.06 bits per heavy atom. The van der Waals surface area contributed by atoms with Gasteiger partial charge in [-0.1, -0.05) is 54.2 Å². The number of aryl methyl sites for hydroxylation is 1. The number of aromatic nitrogens is 2. The first-order chi connectivity index (χ1) is 17.3. The molecule has 0 radical (unpaired) electrons. The molecule has 0 spiro atoms. The molecule has 9 heteroatoms. The molecule has 1 heterocycles. The number of nitro groups is 1. The summed E-state index contributed by atoms with van der Waals surface area (Å²) in [6, 6.07) is 21.2. The Labute approximate surface area is 212 Å². The predicted molar refractivity (Wildman–Crippen MR) is 141 cm³/mol. The van der Waals surface area contributed by atoms with Gasteiger partial charge in [-0.2, -0.15) is 0 Å².